The Morgan fingerprint density at radius 1 is 1.09 bits per heavy atom. The molecule has 250 valence electrons. The van der Waals surface area contributed by atoms with Crippen molar-refractivity contribution >= 4 is 70.8 Å². The molecule has 0 aromatic carbocycles. The van der Waals surface area contributed by atoms with Gasteiger partial charge in [-0.3, -0.25) is 32.9 Å². The second kappa shape index (κ2) is 16.1. The lowest BCUT2D eigenvalue weighted by atomic mass is 9.92. The van der Waals surface area contributed by atoms with E-state index < -0.39 is 54.7 Å². The summed E-state index contributed by atoms with van der Waals surface area (Å²) < 4.78 is 35.9. The summed E-state index contributed by atoms with van der Waals surface area (Å²) in [6, 6.07) is 0. The first-order chi connectivity index (χ1) is 20.2. The van der Waals surface area contributed by atoms with Crippen LogP contribution in [0.15, 0.2) is 4.79 Å². The van der Waals surface area contributed by atoms with E-state index >= 15 is 0 Å². The SMILES string of the molecule is CS/C=c1/c(=O)[nH]c(N)n/c1=C\[C@@H]1O[C@H](COP(=O)(OCCSC(=O)C(C)(C)C)OCCSC(=O)C(C)(C)C)[C@@H](O)[C@@]1(C)O. The van der Waals surface area contributed by atoms with Crippen molar-refractivity contribution in [2.75, 3.05) is 43.3 Å². The zero-order chi connectivity index (χ0) is 33.5. The third-order valence-corrected chi connectivity index (χ3v) is 10.6. The molecule has 44 heavy (non-hydrogen) atoms. The van der Waals surface area contributed by atoms with Crippen LogP contribution >= 0.6 is 43.1 Å². The maximum Gasteiger partial charge on any atom is 0.474 e. The molecule has 5 N–H and O–H groups in total. The number of carbonyl (C=O) groups excluding carboxylic acids is 2. The number of hydrogen-bond acceptors (Lipinski definition) is 15. The number of nitrogen functional groups attached to an aromatic ring is 1. The number of carbonyl (C=O) groups is 2. The lowest BCUT2D eigenvalue weighted by molar-refractivity contribution is -0.118. The summed E-state index contributed by atoms with van der Waals surface area (Å²) in [5.41, 5.74) is 2.23. The predicted molar refractivity (Wildman–Crippen MR) is 176 cm³/mol. The average molecular weight is 698 g/mol. The van der Waals surface area contributed by atoms with Crippen molar-refractivity contribution in [3.05, 3.63) is 20.9 Å². The molecule has 0 radical (unpaired) electrons. The van der Waals surface area contributed by atoms with Gasteiger partial charge in [-0.1, -0.05) is 65.1 Å². The molecule has 1 aliphatic heterocycles. The Hall–Kier alpha value is -1.20. The van der Waals surface area contributed by atoms with Gasteiger partial charge in [-0.25, -0.2) is 9.55 Å². The smallest absolute Gasteiger partial charge is 0.387 e. The monoisotopic (exact) mass is 697 g/mol. The number of nitrogens with two attached hydrogens (primary N) is 1. The van der Waals surface area contributed by atoms with E-state index in [1.165, 1.54) is 24.8 Å². The summed E-state index contributed by atoms with van der Waals surface area (Å²) in [6.45, 7) is 11.2. The van der Waals surface area contributed by atoms with Gasteiger partial charge in [0, 0.05) is 22.3 Å². The van der Waals surface area contributed by atoms with Gasteiger partial charge in [0.2, 0.25) is 5.95 Å². The van der Waals surface area contributed by atoms with Crippen molar-refractivity contribution in [1.29, 1.82) is 0 Å². The molecule has 0 amide bonds. The van der Waals surface area contributed by atoms with Gasteiger partial charge in [0.1, 0.15) is 23.9 Å². The van der Waals surface area contributed by atoms with Crippen LogP contribution in [0.25, 0.3) is 11.5 Å². The van der Waals surface area contributed by atoms with E-state index in [2.05, 4.69) is 9.97 Å². The molecule has 0 spiro atoms. The molecule has 2 rings (SSSR count). The van der Waals surface area contributed by atoms with Crippen LogP contribution in [-0.4, -0.2) is 91.9 Å². The van der Waals surface area contributed by atoms with Gasteiger partial charge >= 0.3 is 7.82 Å². The molecule has 0 bridgehead atoms. The topological polar surface area (TPSA) is 200 Å². The molecule has 13 nitrogen and oxygen atoms in total. The number of phosphoric ester groups is 1. The number of H-pyrrole nitrogens is 1. The molecule has 0 saturated carbocycles. The fraction of sp³-hybridized carbons (Fsp3) is 0.704. The summed E-state index contributed by atoms with van der Waals surface area (Å²) in [7, 11) is -4.27. The predicted octanol–water partition coefficient (Wildman–Crippen LogP) is 1.88. The molecule has 1 aromatic rings. The first-order valence-corrected chi connectivity index (χ1v) is 18.5. The third kappa shape index (κ3) is 11.2. The second-order valence-corrected chi connectivity index (χ2v) is 16.7. The Morgan fingerprint density at radius 3 is 2.09 bits per heavy atom. The van der Waals surface area contributed by atoms with Gasteiger partial charge < -0.3 is 20.7 Å². The van der Waals surface area contributed by atoms with Crippen LogP contribution in [0.2, 0.25) is 0 Å². The van der Waals surface area contributed by atoms with Crippen molar-refractivity contribution in [2.24, 2.45) is 10.8 Å². The normalized spacial score (nSPS) is 23.8. The molecular weight excluding hydrogens is 653 g/mol. The number of aliphatic hydroxyl groups is 2. The summed E-state index contributed by atoms with van der Waals surface area (Å²) >= 11 is 3.30. The van der Waals surface area contributed by atoms with E-state index in [1.807, 2.05) is 0 Å². The molecule has 1 aliphatic rings. The van der Waals surface area contributed by atoms with Gasteiger partial charge in [0.25, 0.3) is 5.56 Å². The minimum Gasteiger partial charge on any atom is -0.387 e. The van der Waals surface area contributed by atoms with Crippen LogP contribution in [0, 0.1) is 10.8 Å². The number of nitrogens with one attached hydrogen (secondary N) is 1. The fourth-order valence-electron chi connectivity index (χ4n) is 3.58. The van der Waals surface area contributed by atoms with Gasteiger partial charge in [-0.2, -0.15) is 0 Å². The number of thioether (sulfide) groups is 3. The highest BCUT2D eigenvalue weighted by Crippen LogP contribution is 2.50. The molecule has 2 heterocycles. The van der Waals surface area contributed by atoms with E-state index in [0.717, 1.165) is 23.5 Å². The van der Waals surface area contributed by atoms with Gasteiger partial charge in [-0.15, -0.1) is 11.8 Å². The molecule has 17 heteroatoms. The standard InChI is InChI=1S/C27H44N3O10PS3/c1-25(2,3)22(33)43-11-9-37-41(36,38-10-12-44-23(34)26(4,5)6)39-14-18-20(31)27(7,35)19(40-18)13-17-16(15-42-8)21(32)30-24(28)29-17/h13,15,18-20,31,35H,9-12,14H2,1-8H3,(H3,28,29,30,32)/b16-15+,17-13-/t18-,19+,20-,27+/m1/s1. The number of hydrogen-bond donors (Lipinski definition) is 4. The highest BCUT2D eigenvalue weighted by atomic mass is 32.2. The number of nitrogens with zero attached hydrogens (tertiary/aromatic N) is 1. The maximum absolute atomic E-state index is 13.6. The minimum atomic E-state index is -4.27. The van der Waals surface area contributed by atoms with Gasteiger partial charge in [0.15, 0.2) is 10.2 Å². The molecule has 0 unspecified atom stereocenters. The van der Waals surface area contributed by atoms with E-state index in [4.69, 9.17) is 24.0 Å². The third-order valence-electron chi connectivity index (χ3n) is 6.15. The van der Waals surface area contributed by atoms with Crippen molar-refractivity contribution in [1.82, 2.24) is 9.97 Å². The van der Waals surface area contributed by atoms with Crippen LogP contribution < -0.4 is 21.9 Å². The zero-order valence-corrected chi connectivity index (χ0v) is 29.6. The summed E-state index contributed by atoms with van der Waals surface area (Å²) in [4.78, 5) is 43.4. The first-order valence-electron chi connectivity index (χ1n) is 13.8. The lowest BCUT2D eigenvalue weighted by Gasteiger charge is -2.25. The molecule has 0 aliphatic carbocycles. The second-order valence-electron chi connectivity index (χ2n) is 12.2. The summed E-state index contributed by atoms with van der Waals surface area (Å²) in [5.74, 6) is 0.220. The number of rotatable bonds is 13. The van der Waals surface area contributed by atoms with Gasteiger partial charge in [0.05, 0.1) is 30.4 Å². The molecule has 4 atom stereocenters. The number of aromatic amines is 1. The van der Waals surface area contributed by atoms with Crippen LogP contribution in [0.5, 0.6) is 0 Å². The van der Waals surface area contributed by atoms with Crippen molar-refractivity contribution in [2.45, 2.75) is 72.4 Å². The largest absolute Gasteiger partial charge is 0.474 e. The van der Waals surface area contributed by atoms with Crippen LogP contribution in [-0.2, 0) is 32.5 Å². The minimum absolute atomic E-state index is 0.0724. The molecular formula is C27H44N3O10PS3. The fourth-order valence-corrected chi connectivity index (χ4v) is 7.04. The van der Waals surface area contributed by atoms with Gasteiger partial charge in [-0.05, 0) is 24.7 Å². The quantitative estimate of drug-likeness (QED) is 0.172. The maximum atomic E-state index is 13.6. The van der Waals surface area contributed by atoms with E-state index in [0.29, 0.717) is 0 Å². The number of aliphatic hydroxyl groups excluding tert-OH is 1. The van der Waals surface area contributed by atoms with E-state index in [-0.39, 0.29) is 51.5 Å². The van der Waals surface area contributed by atoms with Crippen molar-refractivity contribution in [3.8, 4) is 0 Å². The summed E-state index contributed by atoms with van der Waals surface area (Å²) in [5, 5.41) is 23.7. The molecule has 1 fully saturated rings. The number of ether oxygens (including phenoxy) is 1. The Labute approximate surface area is 270 Å². The van der Waals surface area contributed by atoms with Crippen LogP contribution in [0.4, 0.5) is 5.95 Å². The zero-order valence-electron chi connectivity index (χ0n) is 26.3. The van der Waals surface area contributed by atoms with Crippen LogP contribution in [0.1, 0.15) is 48.5 Å². The first kappa shape index (κ1) is 39.0. The lowest BCUT2D eigenvalue weighted by Crippen LogP contribution is -2.48. The Balaban J connectivity index is 2.19. The molecule has 1 aromatic heterocycles. The highest BCUT2D eigenvalue weighted by molar-refractivity contribution is 8.14. The molecule has 1 saturated heterocycles. The highest BCUT2D eigenvalue weighted by Gasteiger charge is 2.52. The average Bonchev–Trinajstić information content (AvgIpc) is 3.11. The van der Waals surface area contributed by atoms with Crippen LogP contribution in [0.3, 0.4) is 0 Å². The number of anilines is 1. The number of phosphoric acid groups is 1. The Kier molecular flexibility index (Phi) is 14.2. The summed E-state index contributed by atoms with van der Waals surface area (Å²) in [6.07, 6.45) is -0.730. The Morgan fingerprint density at radius 2 is 1.61 bits per heavy atom. The number of aromatic nitrogens is 2. The Bertz CT molecular complexity index is 1350. The van der Waals surface area contributed by atoms with E-state index in [9.17, 15) is 29.2 Å². The van der Waals surface area contributed by atoms with E-state index in [1.54, 1.807) is 53.2 Å². The van der Waals surface area contributed by atoms with Crippen molar-refractivity contribution < 1.29 is 42.7 Å². The van der Waals surface area contributed by atoms with Crippen molar-refractivity contribution in [3.63, 3.8) is 0 Å².